The lowest BCUT2D eigenvalue weighted by molar-refractivity contribution is -0.917. The van der Waals surface area contributed by atoms with Crippen molar-refractivity contribution in [3.05, 3.63) is 73.7 Å². The Hall–Kier alpha value is -3.00. The van der Waals surface area contributed by atoms with Crippen molar-refractivity contribution in [1.82, 2.24) is 9.88 Å². The minimum Gasteiger partial charge on any atom is -0.328 e. The molecule has 1 saturated heterocycles. The van der Waals surface area contributed by atoms with E-state index in [0.717, 1.165) is 31.9 Å². The van der Waals surface area contributed by atoms with Crippen LogP contribution in [0, 0.1) is 10.1 Å². The lowest BCUT2D eigenvalue weighted by Gasteiger charge is -2.32. The maximum atomic E-state index is 12.6. The lowest BCUT2D eigenvalue weighted by Crippen LogP contribution is -3.13. The van der Waals surface area contributed by atoms with Crippen LogP contribution >= 0.6 is 0 Å². The Morgan fingerprint density at radius 1 is 1.25 bits per heavy atom. The highest BCUT2D eigenvalue weighted by atomic mass is 16.6. The highest BCUT2D eigenvalue weighted by molar-refractivity contribution is 5.94. The first kappa shape index (κ1) is 19.8. The molecule has 0 radical (unpaired) electrons. The summed E-state index contributed by atoms with van der Waals surface area (Å²) >= 11 is 0. The number of quaternary nitrogens is 1. The summed E-state index contributed by atoms with van der Waals surface area (Å²) < 4.78 is 0. The Labute approximate surface area is 162 Å². The van der Waals surface area contributed by atoms with Crippen molar-refractivity contribution in [2.75, 3.05) is 26.2 Å². The van der Waals surface area contributed by atoms with Gasteiger partial charge in [-0.15, -0.1) is 0 Å². The van der Waals surface area contributed by atoms with Gasteiger partial charge in [0, 0.05) is 11.6 Å². The predicted octanol–water partition coefficient (Wildman–Crippen LogP) is 0.947. The molecule has 28 heavy (non-hydrogen) atoms. The van der Waals surface area contributed by atoms with E-state index in [4.69, 9.17) is 0 Å². The van der Waals surface area contributed by atoms with E-state index in [-0.39, 0.29) is 11.3 Å². The Bertz CT molecular complexity index is 913. The molecule has 0 saturated carbocycles. The number of H-pyrrole nitrogens is 1. The smallest absolute Gasteiger partial charge is 0.286 e. The third kappa shape index (κ3) is 4.45. The maximum Gasteiger partial charge on any atom is 0.286 e. The van der Waals surface area contributed by atoms with Gasteiger partial charge in [-0.05, 0) is 11.5 Å². The third-order valence-electron chi connectivity index (χ3n) is 5.19. The number of hydrogen-bond donors (Lipinski definition) is 2. The standard InChI is InChI=1S/C20H24N4O4/c1-14(2)16-5-3-15(4-6-16)13-22-7-9-23(10-8-22)20(26)18-11-17(24(27)28)12-21-19(18)25/h3-6,11-12,14H,7-10,13H2,1-2H3,(H,21,25)/p+1. The number of benzene rings is 1. The molecule has 1 aromatic carbocycles. The van der Waals surface area contributed by atoms with E-state index < -0.39 is 16.4 Å². The van der Waals surface area contributed by atoms with Crippen LogP contribution in [-0.2, 0) is 6.54 Å². The fraction of sp³-hybridized carbons (Fsp3) is 0.400. The van der Waals surface area contributed by atoms with Crippen LogP contribution in [0.25, 0.3) is 0 Å². The van der Waals surface area contributed by atoms with Crippen LogP contribution in [-0.4, -0.2) is 46.9 Å². The summed E-state index contributed by atoms with van der Waals surface area (Å²) in [5.74, 6) is 0.0539. The summed E-state index contributed by atoms with van der Waals surface area (Å²) in [4.78, 5) is 40.1. The number of rotatable bonds is 5. The first-order valence-electron chi connectivity index (χ1n) is 9.44. The van der Waals surface area contributed by atoms with Gasteiger partial charge in [0.25, 0.3) is 17.2 Å². The fourth-order valence-electron chi connectivity index (χ4n) is 3.42. The summed E-state index contributed by atoms with van der Waals surface area (Å²) in [6.45, 7) is 7.79. The van der Waals surface area contributed by atoms with E-state index in [0.29, 0.717) is 19.0 Å². The average molecular weight is 385 g/mol. The maximum absolute atomic E-state index is 12.6. The van der Waals surface area contributed by atoms with Gasteiger partial charge < -0.3 is 14.8 Å². The number of nitrogens with zero attached hydrogens (tertiary/aromatic N) is 2. The molecule has 1 amide bonds. The highest BCUT2D eigenvalue weighted by Gasteiger charge is 2.27. The second-order valence-electron chi connectivity index (χ2n) is 7.47. The van der Waals surface area contributed by atoms with Gasteiger partial charge in [-0.1, -0.05) is 38.1 Å². The summed E-state index contributed by atoms with van der Waals surface area (Å²) in [6, 6.07) is 9.68. The van der Waals surface area contributed by atoms with E-state index >= 15 is 0 Å². The van der Waals surface area contributed by atoms with Gasteiger partial charge in [-0.3, -0.25) is 19.7 Å². The van der Waals surface area contributed by atoms with Gasteiger partial charge in [-0.2, -0.15) is 0 Å². The first-order chi connectivity index (χ1) is 13.3. The zero-order valence-corrected chi connectivity index (χ0v) is 16.1. The van der Waals surface area contributed by atoms with Crippen molar-refractivity contribution in [2.45, 2.75) is 26.3 Å². The van der Waals surface area contributed by atoms with Crippen LogP contribution < -0.4 is 10.5 Å². The Morgan fingerprint density at radius 2 is 1.89 bits per heavy atom. The van der Waals surface area contributed by atoms with E-state index in [2.05, 4.69) is 43.1 Å². The predicted molar refractivity (Wildman–Crippen MR) is 105 cm³/mol. The number of piperazine rings is 1. The fourth-order valence-corrected chi connectivity index (χ4v) is 3.42. The van der Waals surface area contributed by atoms with Crippen molar-refractivity contribution < 1.29 is 14.6 Å². The molecule has 8 heteroatoms. The van der Waals surface area contributed by atoms with Crippen LogP contribution in [0.4, 0.5) is 5.69 Å². The second-order valence-corrected chi connectivity index (χ2v) is 7.47. The van der Waals surface area contributed by atoms with Crippen LogP contribution in [0.3, 0.4) is 0 Å². The Kier molecular flexibility index (Phi) is 5.89. The Morgan fingerprint density at radius 3 is 2.46 bits per heavy atom. The van der Waals surface area contributed by atoms with E-state index in [1.165, 1.54) is 16.0 Å². The normalized spacial score (nSPS) is 15.0. The van der Waals surface area contributed by atoms with Gasteiger partial charge in [0.05, 0.1) is 37.3 Å². The average Bonchev–Trinajstić information content (AvgIpc) is 2.68. The molecule has 2 aromatic rings. The number of pyridine rings is 1. The Balaban J connectivity index is 1.60. The summed E-state index contributed by atoms with van der Waals surface area (Å²) in [6.07, 6.45) is 1.01. The largest absolute Gasteiger partial charge is 0.328 e. The molecule has 1 aliphatic heterocycles. The number of aromatic amines is 1. The number of hydrogen-bond acceptors (Lipinski definition) is 4. The molecule has 0 atom stereocenters. The van der Waals surface area contributed by atoms with E-state index in [1.807, 2.05) is 0 Å². The summed E-state index contributed by atoms with van der Waals surface area (Å²) in [7, 11) is 0. The van der Waals surface area contributed by atoms with E-state index in [1.54, 1.807) is 4.90 Å². The van der Waals surface area contributed by atoms with Gasteiger partial charge >= 0.3 is 0 Å². The molecule has 1 aromatic heterocycles. The molecule has 2 heterocycles. The van der Waals surface area contributed by atoms with Gasteiger partial charge in [-0.25, -0.2) is 0 Å². The molecule has 1 aliphatic rings. The minimum absolute atomic E-state index is 0.179. The number of aromatic nitrogens is 1. The number of carbonyl (C=O) groups excluding carboxylic acids is 1. The van der Waals surface area contributed by atoms with Gasteiger partial charge in [0.2, 0.25) is 0 Å². The number of nitrogens with one attached hydrogen (secondary N) is 2. The molecule has 0 unspecified atom stereocenters. The van der Waals surface area contributed by atoms with Crippen LogP contribution in [0.1, 0.15) is 41.3 Å². The molecule has 8 nitrogen and oxygen atoms in total. The van der Waals surface area contributed by atoms with Crippen molar-refractivity contribution in [1.29, 1.82) is 0 Å². The van der Waals surface area contributed by atoms with Crippen LogP contribution in [0.5, 0.6) is 0 Å². The zero-order chi connectivity index (χ0) is 20.3. The van der Waals surface area contributed by atoms with Crippen LogP contribution in [0.2, 0.25) is 0 Å². The molecular weight excluding hydrogens is 360 g/mol. The van der Waals surface area contributed by atoms with Gasteiger partial charge in [0.15, 0.2) is 0 Å². The molecule has 0 spiro atoms. The lowest BCUT2D eigenvalue weighted by atomic mass is 10.0. The third-order valence-corrected chi connectivity index (χ3v) is 5.19. The molecule has 3 rings (SSSR count). The van der Waals surface area contributed by atoms with Crippen molar-refractivity contribution in [3.63, 3.8) is 0 Å². The molecule has 148 valence electrons. The van der Waals surface area contributed by atoms with Crippen molar-refractivity contribution in [3.8, 4) is 0 Å². The molecule has 0 aliphatic carbocycles. The van der Waals surface area contributed by atoms with Crippen molar-refractivity contribution in [2.24, 2.45) is 0 Å². The summed E-state index contributed by atoms with van der Waals surface area (Å²) in [5.41, 5.74) is 1.50. The number of nitro groups is 1. The minimum atomic E-state index is -0.626. The number of carbonyl (C=O) groups is 1. The molecule has 2 N–H and O–H groups in total. The molecule has 1 fully saturated rings. The first-order valence-corrected chi connectivity index (χ1v) is 9.44. The SMILES string of the molecule is CC(C)c1ccc(C[NH+]2CCN(C(=O)c3cc([N+](=O)[O-])c[nH]c3=O)CC2)cc1. The number of amides is 1. The quantitative estimate of drug-likeness (QED) is 0.591. The highest BCUT2D eigenvalue weighted by Crippen LogP contribution is 2.14. The monoisotopic (exact) mass is 385 g/mol. The second kappa shape index (κ2) is 8.35. The van der Waals surface area contributed by atoms with Crippen molar-refractivity contribution >= 4 is 11.6 Å². The van der Waals surface area contributed by atoms with Crippen LogP contribution in [0.15, 0.2) is 41.3 Å². The molecule has 0 bridgehead atoms. The zero-order valence-electron chi connectivity index (χ0n) is 16.1. The molecular formula is C20H25N4O4+. The topological polar surface area (TPSA) is 101 Å². The summed E-state index contributed by atoms with van der Waals surface area (Å²) in [5, 5.41) is 10.9. The van der Waals surface area contributed by atoms with E-state index in [9.17, 15) is 19.7 Å². The van der Waals surface area contributed by atoms with Gasteiger partial charge in [0.1, 0.15) is 12.1 Å².